The quantitative estimate of drug-likeness (QED) is 0.590. The van der Waals surface area contributed by atoms with Crippen LogP contribution in [0.4, 0.5) is 0 Å². The van der Waals surface area contributed by atoms with E-state index in [9.17, 15) is 5.11 Å². The molecule has 1 N–H and O–H groups in total. The Hall–Kier alpha value is -1.72. The maximum Gasteiger partial charge on any atom is 0.160 e. The van der Waals surface area contributed by atoms with Crippen LogP contribution in [0.5, 0.6) is 0 Å². The van der Waals surface area contributed by atoms with Crippen molar-refractivity contribution in [2.75, 3.05) is 13.1 Å². The molecule has 0 spiro atoms. The lowest BCUT2D eigenvalue weighted by Crippen LogP contribution is -2.60. The number of hydrogen-bond donors (Lipinski definition) is 1. The molecule has 2 atom stereocenters. The van der Waals surface area contributed by atoms with Crippen LogP contribution in [0.3, 0.4) is 0 Å². The fourth-order valence-corrected chi connectivity index (χ4v) is 5.19. The van der Waals surface area contributed by atoms with E-state index in [1.165, 1.54) is 6.26 Å². The number of benzene rings is 1. The van der Waals surface area contributed by atoms with Crippen molar-refractivity contribution in [3.05, 3.63) is 82.2 Å². The number of rotatable bonds is 5. The van der Waals surface area contributed by atoms with Crippen molar-refractivity contribution in [2.45, 2.75) is 51.2 Å². The van der Waals surface area contributed by atoms with Gasteiger partial charge in [-0.1, -0.05) is 55.3 Å². The van der Waals surface area contributed by atoms with Crippen molar-refractivity contribution < 1.29 is 14.6 Å². The molecule has 0 radical (unpaired) electrons. The molecule has 2 unspecified atom stereocenters. The standard InChI is InChI=1S/C25H29Cl2NO3/c1-24(2)17-28(12-11-25(24,29)15-18-7-9-19(26)10-8-18)23(22-16-30-13-14-31-22)20-5-3-4-6-21(20)27/h4,6-10,13-14,16,23,29H,3,5,11-12,15,17H2,1-2H3. The Morgan fingerprint density at radius 2 is 1.94 bits per heavy atom. The molecule has 1 aliphatic carbocycles. The van der Waals surface area contributed by atoms with E-state index in [0.717, 1.165) is 41.3 Å². The number of likely N-dealkylation sites (tertiary alicyclic amines) is 1. The summed E-state index contributed by atoms with van der Waals surface area (Å²) in [5.41, 5.74) is 1.04. The van der Waals surface area contributed by atoms with Crippen molar-refractivity contribution in [1.29, 1.82) is 0 Å². The van der Waals surface area contributed by atoms with Gasteiger partial charge in [0.25, 0.3) is 0 Å². The molecule has 166 valence electrons. The molecule has 0 saturated carbocycles. The Labute approximate surface area is 194 Å². The molecule has 31 heavy (non-hydrogen) atoms. The van der Waals surface area contributed by atoms with Gasteiger partial charge in [-0.05, 0) is 48.6 Å². The second kappa shape index (κ2) is 9.03. The summed E-state index contributed by atoms with van der Waals surface area (Å²) < 4.78 is 11.3. The molecule has 1 aromatic carbocycles. The van der Waals surface area contributed by atoms with E-state index in [1.807, 2.05) is 30.3 Å². The third-order valence-corrected chi connectivity index (χ3v) is 7.34. The predicted molar refractivity (Wildman–Crippen MR) is 125 cm³/mol. The number of ether oxygens (including phenoxy) is 2. The predicted octanol–water partition coefficient (Wildman–Crippen LogP) is 5.92. The van der Waals surface area contributed by atoms with Crippen LogP contribution in [0.25, 0.3) is 0 Å². The van der Waals surface area contributed by atoms with E-state index in [0.29, 0.717) is 24.4 Å². The van der Waals surface area contributed by atoms with Crippen LogP contribution < -0.4 is 0 Å². The molecule has 4 nitrogen and oxygen atoms in total. The normalized spacial score (nSPS) is 26.8. The van der Waals surface area contributed by atoms with Gasteiger partial charge in [0.1, 0.15) is 18.8 Å². The average molecular weight is 462 g/mol. The number of allylic oxidation sites excluding steroid dienone is 3. The maximum absolute atomic E-state index is 11.7. The van der Waals surface area contributed by atoms with E-state index in [4.69, 9.17) is 32.7 Å². The Kier molecular flexibility index (Phi) is 6.55. The van der Waals surface area contributed by atoms with Crippen LogP contribution in [0.2, 0.25) is 5.02 Å². The smallest absolute Gasteiger partial charge is 0.160 e. The Morgan fingerprint density at radius 1 is 1.16 bits per heavy atom. The van der Waals surface area contributed by atoms with E-state index >= 15 is 0 Å². The zero-order valence-corrected chi connectivity index (χ0v) is 19.5. The molecule has 1 aromatic rings. The van der Waals surface area contributed by atoms with Crippen molar-refractivity contribution in [1.82, 2.24) is 4.90 Å². The number of aliphatic hydroxyl groups is 1. The third kappa shape index (κ3) is 4.73. The molecular formula is C25H29Cl2NO3. The lowest BCUT2D eigenvalue weighted by molar-refractivity contribution is -0.123. The van der Waals surface area contributed by atoms with E-state index in [1.54, 1.807) is 12.5 Å². The van der Waals surface area contributed by atoms with Gasteiger partial charge in [-0.15, -0.1) is 0 Å². The summed E-state index contributed by atoms with van der Waals surface area (Å²) in [4.78, 5) is 2.36. The molecule has 2 aliphatic heterocycles. The van der Waals surface area contributed by atoms with Gasteiger partial charge in [-0.25, -0.2) is 0 Å². The number of hydrogen-bond acceptors (Lipinski definition) is 4. The summed E-state index contributed by atoms with van der Waals surface area (Å²) in [5, 5.41) is 13.2. The summed E-state index contributed by atoms with van der Waals surface area (Å²) in [5.74, 6) is 0.727. The minimum atomic E-state index is -0.829. The van der Waals surface area contributed by atoms with Gasteiger partial charge in [0.15, 0.2) is 5.76 Å². The second-order valence-electron chi connectivity index (χ2n) is 9.20. The lowest BCUT2D eigenvalue weighted by atomic mass is 9.66. The molecule has 2 heterocycles. The molecule has 0 amide bonds. The van der Waals surface area contributed by atoms with E-state index < -0.39 is 5.60 Å². The highest BCUT2D eigenvalue weighted by Crippen LogP contribution is 2.44. The van der Waals surface area contributed by atoms with E-state index in [-0.39, 0.29) is 11.5 Å². The summed E-state index contributed by atoms with van der Waals surface area (Å²) in [7, 11) is 0. The Morgan fingerprint density at radius 3 is 2.58 bits per heavy atom. The van der Waals surface area contributed by atoms with Gasteiger partial charge >= 0.3 is 0 Å². The molecule has 1 saturated heterocycles. The highest BCUT2D eigenvalue weighted by Gasteiger charge is 2.49. The average Bonchev–Trinajstić information content (AvgIpc) is 2.75. The highest BCUT2D eigenvalue weighted by molar-refractivity contribution is 6.31. The second-order valence-corrected chi connectivity index (χ2v) is 10.0. The lowest BCUT2D eigenvalue weighted by Gasteiger charge is -2.52. The Bertz CT molecular complexity index is 933. The topological polar surface area (TPSA) is 41.9 Å². The fraction of sp³-hybridized carbons (Fsp3) is 0.440. The zero-order valence-electron chi connectivity index (χ0n) is 18.0. The number of piperidine rings is 1. The molecule has 0 aromatic heterocycles. The van der Waals surface area contributed by atoms with Crippen LogP contribution in [0.1, 0.15) is 38.7 Å². The van der Waals surface area contributed by atoms with Gasteiger partial charge in [-0.2, -0.15) is 0 Å². The monoisotopic (exact) mass is 461 g/mol. The van der Waals surface area contributed by atoms with Crippen molar-refractivity contribution in [3.8, 4) is 0 Å². The van der Waals surface area contributed by atoms with Gasteiger partial charge in [-0.3, -0.25) is 4.90 Å². The summed E-state index contributed by atoms with van der Waals surface area (Å²) in [6.07, 6.45) is 11.8. The van der Waals surface area contributed by atoms with Gasteiger partial charge in [0.2, 0.25) is 0 Å². The molecule has 1 fully saturated rings. The first kappa shape index (κ1) is 22.5. The minimum absolute atomic E-state index is 0.123. The maximum atomic E-state index is 11.7. The van der Waals surface area contributed by atoms with Crippen LogP contribution in [0, 0.1) is 5.41 Å². The molecule has 0 bridgehead atoms. The summed E-state index contributed by atoms with van der Waals surface area (Å²) >= 11 is 12.7. The van der Waals surface area contributed by atoms with Crippen LogP contribution in [-0.4, -0.2) is 34.7 Å². The fourth-order valence-electron chi connectivity index (χ4n) is 4.78. The first-order valence-electron chi connectivity index (χ1n) is 10.7. The molecular weight excluding hydrogens is 433 g/mol. The van der Waals surface area contributed by atoms with Gasteiger partial charge < -0.3 is 14.6 Å². The number of nitrogens with zero attached hydrogens (tertiary/aromatic N) is 1. The SMILES string of the molecule is CC1(C)CN(C(C2=COC=CO2)C2=C(Cl)C=CCC2)CCC1(O)Cc1ccc(Cl)cc1. The minimum Gasteiger partial charge on any atom is -0.466 e. The molecule has 6 heteroatoms. The summed E-state index contributed by atoms with van der Waals surface area (Å²) in [6, 6.07) is 7.62. The van der Waals surface area contributed by atoms with Crippen LogP contribution in [-0.2, 0) is 15.9 Å². The van der Waals surface area contributed by atoms with Crippen LogP contribution >= 0.6 is 23.2 Å². The highest BCUT2D eigenvalue weighted by atomic mass is 35.5. The largest absolute Gasteiger partial charge is 0.466 e. The Balaban J connectivity index is 1.60. The molecule has 4 rings (SSSR count). The summed E-state index contributed by atoms with van der Waals surface area (Å²) in [6.45, 7) is 5.69. The molecule has 3 aliphatic rings. The van der Waals surface area contributed by atoms with Gasteiger partial charge in [0.05, 0.1) is 11.6 Å². The van der Waals surface area contributed by atoms with Crippen LogP contribution in [0.15, 0.2) is 71.6 Å². The van der Waals surface area contributed by atoms with E-state index in [2.05, 4.69) is 24.8 Å². The number of halogens is 2. The van der Waals surface area contributed by atoms with Crippen molar-refractivity contribution in [2.24, 2.45) is 5.41 Å². The van der Waals surface area contributed by atoms with Crippen molar-refractivity contribution in [3.63, 3.8) is 0 Å². The zero-order chi connectivity index (χ0) is 22.1. The van der Waals surface area contributed by atoms with Gasteiger partial charge in [0, 0.05) is 35.0 Å². The first-order valence-corrected chi connectivity index (χ1v) is 11.5. The third-order valence-electron chi connectivity index (χ3n) is 6.72. The van der Waals surface area contributed by atoms with Crippen molar-refractivity contribution >= 4 is 23.2 Å². The first-order chi connectivity index (χ1) is 14.8.